The second kappa shape index (κ2) is 5.33. The van der Waals surface area contributed by atoms with E-state index in [1.165, 1.54) is 12.5 Å². The van der Waals surface area contributed by atoms with Crippen LogP contribution in [0, 0.1) is 0 Å². The second-order valence-electron chi connectivity index (χ2n) is 5.72. The molecule has 1 fully saturated rings. The lowest BCUT2D eigenvalue weighted by molar-refractivity contribution is 0.0710. The van der Waals surface area contributed by atoms with Gasteiger partial charge in [0.1, 0.15) is 12.1 Å². The number of carbonyl (C=O) groups excluding carboxylic acids is 1. The molecule has 112 valence electrons. The van der Waals surface area contributed by atoms with Crippen LogP contribution in [0.15, 0.2) is 47.3 Å². The van der Waals surface area contributed by atoms with Crippen molar-refractivity contribution < 1.29 is 9.21 Å². The van der Waals surface area contributed by atoms with Gasteiger partial charge in [0.25, 0.3) is 5.91 Å². The van der Waals surface area contributed by atoms with E-state index in [9.17, 15) is 4.79 Å². The number of amides is 1. The fraction of sp³-hybridized carbons (Fsp3) is 0.294. The predicted octanol–water partition coefficient (Wildman–Crippen LogP) is 3.18. The maximum Gasteiger partial charge on any atom is 0.257 e. The molecule has 3 aromatic rings. The highest BCUT2D eigenvalue weighted by atomic mass is 16.3. The Labute approximate surface area is 127 Å². The number of aromatic nitrogens is 2. The van der Waals surface area contributed by atoms with Crippen LogP contribution in [0.1, 0.15) is 34.9 Å². The van der Waals surface area contributed by atoms with Gasteiger partial charge in [0, 0.05) is 19.0 Å². The van der Waals surface area contributed by atoms with E-state index in [0.717, 1.165) is 42.8 Å². The summed E-state index contributed by atoms with van der Waals surface area (Å²) in [7, 11) is 0. The van der Waals surface area contributed by atoms with E-state index in [2.05, 4.69) is 9.97 Å². The van der Waals surface area contributed by atoms with Crippen molar-refractivity contribution in [3.8, 4) is 0 Å². The Bertz CT molecular complexity index is 750. The number of piperidine rings is 1. The minimum atomic E-state index is 0.0526. The Morgan fingerprint density at radius 2 is 2.05 bits per heavy atom. The third-order valence-corrected chi connectivity index (χ3v) is 4.34. The Kier molecular flexibility index (Phi) is 3.18. The zero-order valence-corrected chi connectivity index (χ0v) is 12.2. The molecular weight excluding hydrogens is 278 g/mol. The number of fused-ring (bicyclic) bond motifs is 1. The highest BCUT2D eigenvalue weighted by Gasteiger charge is 2.26. The summed E-state index contributed by atoms with van der Waals surface area (Å²) in [4.78, 5) is 22.3. The Morgan fingerprint density at radius 1 is 1.23 bits per heavy atom. The van der Waals surface area contributed by atoms with Gasteiger partial charge in [-0.2, -0.15) is 0 Å². The minimum absolute atomic E-state index is 0.0526. The summed E-state index contributed by atoms with van der Waals surface area (Å²) in [5.41, 5.74) is 2.71. The fourth-order valence-corrected chi connectivity index (χ4v) is 3.09. The van der Waals surface area contributed by atoms with E-state index in [1.54, 1.807) is 6.07 Å². The van der Waals surface area contributed by atoms with E-state index in [4.69, 9.17) is 4.42 Å². The molecule has 1 aliphatic heterocycles. The van der Waals surface area contributed by atoms with Crippen molar-refractivity contribution >= 4 is 16.9 Å². The zero-order chi connectivity index (χ0) is 14.9. The summed E-state index contributed by atoms with van der Waals surface area (Å²) >= 11 is 0. The normalized spacial score (nSPS) is 16.3. The summed E-state index contributed by atoms with van der Waals surface area (Å²) in [6.07, 6.45) is 4.91. The standard InChI is InChI=1S/C17H17N3O2/c21-17(13-7-10-22-11-13)20-8-5-12(6-9-20)16-18-14-3-1-2-4-15(14)19-16/h1-4,7,10-12H,5-6,8-9H2,(H,18,19). The van der Waals surface area contributed by atoms with Crippen molar-refractivity contribution in [1.82, 2.24) is 14.9 Å². The summed E-state index contributed by atoms with van der Waals surface area (Å²) in [6, 6.07) is 9.79. The highest BCUT2D eigenvalue weighted by molar-refractivity contribution is 5.93. The summed E-state index contributed by atoms with van der Waals surface area (Å²) in [5.74, 6) is 1.48. The maximum atomic E-state index is 12.3. The molecule has 3 heterocycles. The molecule has 5 heteroatoms. The van der Waals surface area contributed by atoms with Gasteiger partial charge < -0.3 is 14.3 Å². The van der Waals surface area contributed by atoms with Gasteiger partial charge in [-0.15, -0.1) is 0 Å². The number of benzene rings is 1. The van der Waals surface area contributed by atoms with Gasteiger partial charge in [-0.3, -0.25) is 4.79 Å². The molecule has 0 saturated carbocycles. The number of imidazole rings is 1. The average molecular weight is 295 g/mol. The molecule has 5 nitrogen and oxygen atoms in total. The molecule has 0 unspecified atom stereocenters. The second-order valence-corrected chi connectivity index (χ2v) is 5.72. The predicted molar refractivity (Wildman–Crippen MR) is 82.7 cm³/mol. The third-order valence-electron chi connectivity index (χ3n) is 4.34. The maximum absolute atomic E-state index is 12.3. The van der Waals surface area contributed by atoms with Crippen molar-refractivity contribution in [3.63, 3.8) is 0 Å². The van der Waals surface area contributed by atoms with Crippen LogP contribution in [-0.4, -0.2) is 33.9 Å². The smallest absolute Gasteiger partial charge is 0.257 e. The number of H-pyrrole nitrogens is 1. The molecule has 1 aromatic carbocycles. The van der Waals surface area contributed by atoms with E-state index in [0.29, 0.717) is 11.5 Å². The topological polar surface area (TPSA) is 62.1 Å². The lowest BCUT2D eigenvalue weighted by Gasteiger charge is -2.30. The Hall–Kier alpha value is -2.56. The molecule has 0 atom stereocenters. The van der Waals surface area contributed by atoms with Crippen LogP contribution in [0.2, 0.25) is 0 Å². The van der Waals surface area contributed by atoms with E-state index < -0.39 is 0 Å². The van der Waals surface area contributed by atoms with Gasteiger partial charge in [-0.25, -0.2) is 4.98 Å². The molecule has 1 amide bonds. The highest BCUT2D eigenvalue weighted by Crippen LogP contribution is 2.28. The van der Waals surface area contributed by atoms with Gasteiger partial charge in [-0.1, -0.05) is 12.1 Å². The number of hydrogen-bond acceptors (Lipinski definition) is 3. The van der Waals surface area contributed by atoms with Crippen LogP contribution in [0.3, 0.4) is 0 Å². The van der Waals surface area contributed by atoms with Crippen LogP contribution in [0.25, 0.3) is 11.0 Å². The molecule has 1 aliphatic rings. The Morgan fingerprint density at radius 3 is 2.77 bits per heavy atom. The lowest BCUT2D eigenvalue weighted by Crippen LogP contribution is -2.37. The summed E-state index contributed by atoms with van der Waals surface area (Å²) < 4.78 is 4.99. The van der Waals surface area contributed by atoms with E-state index in [-0.39, 0.29) is 5.91 Å². The van der Waals surface area contributed by atoms with E-state index >= 15 is 0 Å². The number of nitrogens with one attached hydrogen (secondary N) is 1. The molecule has 22 heavy (non-hydrogen) atoms. The molecule has 1 N–H and O–H groups in total. The number of carbonyl (C=O) groups is 1. The number of furan rings is 1. The SMILES string of the molecule is O=C(c1ccoc1)N1CCC(c2nc3ccccc3[nH]2)CC1. The van der Waals surface area contributed by atoms with Gasteiger partial charge >= 0.3 is 0 Å². The first kappa shape index (κ1) is 13.1. The molecule has 2 aromatic heterocycles. The van der Waals surface area contributed by atoms with Crippen LogP contribution in [-0.2, 0) is 0 Å². The van der Waals surface area contributed by atoms with Gasteiger partial charge in [0.2, 0.25) is 0 Å². The molecule has 0 aliphatic carbocycles. The summed E-state index contributed by atoms with van der Waals surface area (Å²) in [6.45, 7) is 1.51. The number of nitrogens with zero attached hydrogens (tertiary/aromatic N) is 2. The molecule has 1 saturated heterocycles. The van der Waals surface area contributed by atoms with Crippen LogP contribution in [0.4, 0.5) is 0 Å². The van der Waals surface area contributed by atoms with Gasteiger partial charge in [0.15, 0.2) is 0 Å². The first-order valence-corrected chi connectivity index (χ1v) is 7.57. The molecule has 0 bridgehead atoms. The quantitative estimate of drug-likeness (QED) is 0.790. The van der Waals surface area contributed by atoms with Crippen LogP contribution >= 0.6 is 0 Å². The Balaban J connectivity index is 1.46. The molecular formula is C17H17N3O2. The van der Waals surface area contributed by atoms with Gasteiger partial charge in [-0.05, 0) is 31.0 Å². The summed E-state index contributed by atoms with van der Waals surface area (Å²) in [5, 5.41) is 0. The van der Waals surface area contributed by atoms with Crippen molar-refractivity contribution in [2.45, 2.75) is 18.8 Å². The third kappa shape index (κ3) is 2.28. The zero-order valence-electron chi connectivity index (χ0n) is 12.2. The minimum Gasteiger partial charge on any atom is -0.472 e. The largest absolute Gasteiger partial charge is 0.472 e. The number of likely N-dealkylation sites (tertiary alicyclic amines) is 1. The van der Waals surface area contributed by atoms with Crippen molar-refractivity contribution in [1.29, 1.82) is 0 Å². The first-order chi connectivity index (χ1) is 10.8. The van der Waals surface area contributed by atoms with Crippen LogP contribution < -0.4 is 0 Å². The number of aromatic amines is 1. The lowest BCUT2D eigenvalue weighted by atomic mass is 9.96. The fourth-order valence-electron chi connectivity index (χ4n) is 3.09. The number of rotatable bonds is 2. The van der Waals surface area contributed by atoms with Gasteiger partial charge in [0.05, 0.1) is 22.9 Å². The van der Waals surface area contributed by atoms with Crippen molar-refractivity contribution in [2.75, 3.05) is 13.1 Å². The molecule has 0 radical (unpaired) electrons. The van der Waals surface area contributed by atoms with Crippen molar-refractivity contribution in [3.05, 3.63) is 54.2 Å². The number of hydrogen-bond donors (Lipinski definition) is 1. The monoisotopic (exact) mass is 295 g/mol. The van der Waals surface area contributed by atoms with E-state index in [1.807, 2.05) is 29.2 Å². The number of para-hydroxylation sites is 2. The molecule has 0 spiro atoms. The molecule has 4 rings (SSSR count). The van der Waals surface area contributed by atoms with Crippen molar-refractivity contribution in [2.24, 2.45) is 0 Å². The van der Waals surface area contributed by atoms with Crippen LogP contribution in [0.5, 0.6) is 0 Å². The average Bonchev–Trinajstić information content (AvgIpc) is 3.23. The first-order valence-electron chi connectivity index (χ1n) is 7.57.